The number of aldehydes is 1. The number of ether oxygens (including phenoxy) is 1. The van der Waals surface area contributed by atoms with Gasteiger partial charge in [-0.15, -0.1) is 0 Å². The molecule has 2 rings (SSSR count). The van der Waals surface area contributed by atoms with Crippen LogP contribution in [0.1, 0.15) is 24.2 Å². The lowest BCUT2D eigenvalue weighted by molar-refractivity contribution is 0.0343. The van der Waals surface area contributed by atoms with Crippen molar-refractivity contribution >= 4 is 23.6 Å². The molecular formula is C13H16ClNO2. The van der Waals surface area contributed by atoms with Crippen LogP contribution in [-0.4, -0.2) is 31.6 Å². The van der Waals surface area contributed by atoms with Crippen LogP contribution in [0.25, 0.3) is 0 Å². The van der Waals surface area contributed by atoms with Crippen LogP contribution in [0.3, 0.4) is 0 Å². The van der Waals surface area contributed by atoms with Gasteiger partial charge in [-0.3, -0.25) is 4.79 Å². The van der Waals surface area contributed by atoms with Crippen molar-refractivity contribution in [2.45, 2.75) is 26.0 Å². The number of carbonyl (C=O) groups excluding carboxylic acids is 1. The number of anilines is 1. The first-order valence-corrected chi connectivity index (χ1v) is 6.12. The lowest BCUT2D eigenvalue weighted by Gasteiger charge is -2.39. The molecule has 1 aliphatic heterocycles. The summed E-state index contributed by atoms with van der Waals surface area (Å²) in [5.41, 5.74) is 1.57. The topological polar surface area (TPSA) is 29.5 Å². The van der Waals surface area contributed by atoms with Crippen molar-refractivity contribution in [1.29, 1.82) is 0 Å². The van der Waals surface area contributed by atoms with Gasteiger partial charge in [0.2, 0.25) is 0 Å². The average molecular weight is 254 g/mol. The van der Waals surface area contributed by atoms with Crippen molar-refractivity contribution in [2.75, 3.05) is 18.1 Å². The van der Waals surface area contributed by atoms with E-state index in [1.807, 2.05) is 19.1 Å². The first kappa shape index (κ1) is 12.4. The fraction of sp³-hybridized carbons (Fsp3) is 0.462. The van der Waals surface area contributed by atoms with Crippen LogP contribution in [0.2, 0.25) is 5.02 Å². The number of hydrogen-bond acceptors (Lipinski definition) is 3. The number of hydrogen-bond donors (Lipinski definition) is 0. The zero-order chi connectivity index (χ0) is 12.4. The maximum absolute atomic E-state index is 11.1. The second-order valence-corrected chi connectivity index (χ2v) is 4.90. The van der Waals surface area contributed by atoms with E-state index in [0.29, 0.717) is 17.2 Å². The predicted octanol–water partition coefficient (Wildman–Crippen LogP) is 2.77. The minimum Gasteiger partial charge on any atom is -0.375 e. The quantitative estimate of drug-likeness (QED) is 0.759. The number of nitrogens with zero attached hydrogens (tertiary/aromatic N) is 1. The normalized spacial score (nSPS) is 24.8. The van der Waals surface area contributed by atoms with Gasteiger partial charge in [-0.2, -0.15) is 0 Å². The molecule has 4 heteroatoms. The summed E-state index contributed by atoms with van der Waals surface area (Å²) in [6, 6.07) is 5.69. The Morgan fingerprint density at radius 2 is 2.24 bits per heavy atom. The predicted molar refractivity (Wildman–Crippen MR) is 69.1 cm³/mol. The fourth-order valence-electron chi connectivity index (χ4n) is 2.12. The Kier molecular flexibility index (Phi) is 3.69. The van der Waals surface area contributed by atoms with Crippen LogP contribution >= 0.6 is 11.6 Å². The second kappa shape index (κ2) is 5.07. The van der Waals surface area contributed by atoms with Gasteiger partial charge in [-0.05, 0) is 32.0 Å². The van der Waals surface area contributed by atoms with E-state index < -0.39 is 0 Å². The summed E-state index contributed by atoms with van der Waals surface area (Å²) in [6.45, 7) is 5.61. The van der Waals surface area contributed by atoms with E-state index in [-0.39, 0.29) is 12.1 Å². The summed E-state index contributed by atoms with van der Waals surface area (Å²) in [6.07, 6.45) is 1.04. The van der Waals surface area contributed by atoms with Crippen molar-refractivity contribution in [1.82, 2.24) is 0 Å². The van der Waals surface area contributed by atoms with Gasteiger partial charge in [0.1, 0.15) is 0 Å². The van der Waals surface area contributed by atoms with Gasteiger partial charge in [-0.1, -0.05) is 11.6 Å². The molecule has 1 saturated heterocycles. The number of rotatable bonds is 2. The molecule has 1 aliphatic rings. The number of benzene rings is 1. The van der Waals surface area contributed by atoms with Crippen LogP contribution in [-0.2, 0) is 4.74 Å². The molecule has 3 nitrogen and oxygen atoms in total. The first-order valence-electron chi connectivity index (χ1n) is 5.75. The lowest BCUT2D eigenvalue weighted by atomic mass is 10.1. The van der Waals surface area contributed by atoms with Crippen molar-refractivity contribution < 1.29 is 9.53 Å². The summed E-state index contributed by atoms with van der Waals surface area (Å²) < 4.78 is 5.58. The molecule has 0 spiro atoms. The standard InChI is InChI=1S/C13H16ClNO2/c1-9-8-17-10(2)6-15(9)13-4-3-12(14)5-11(13)7-16/h3-5,7,9-10H,6,8H2,1-2H3. The molecule has 2 atom stereocenters. The van der Waals surface area contributed by atoms with Crippen LogP contribution in [0.4, 0.5) is 5.69 Å². The molecule has 1 heterocycles. The molecule has 1 fully saturated rings. The minimum absolute atomic E-state index is 0.182. The van der Waals surface area contributed by atoms with E-state index in [4.69, 9.17) is 16.3 Å². The Labute approximate surface area is 106 Å². The maximum Gasteiger partial charge on any atom is 0.152 e. The Morgan fingerprint density at radius 1 is 1.47 bits per heavy atom. The van der Waals surface area contributed by atoms with E-state index in [0.717, 1.165) is 18.5 Å². The maximum atomic E-state index is 11.1. The molecule has 1 aromatic carbocycles. The van der Waals surface area contributed by atoms with Crippen LogP contribution in [0.15, 0.2) is 18.2 Å². The molecule has 0 bridgehead atoms. The number of carbonyl (C=O) groups is 1. The third-order valence-corrected chi connectivity index (χ3v) is 3.27. The lowest BCUT2D eigenvalue weighted by Crippen LogP contribution is -2.47. The Balaban J connectivity index is 2.34. The van der Waals surface area contributed by atoms with Gasteiger partial charge in [0, 0.05) is 28.9 Å². The zero-order valence-electron chi connectivity index (χ0n) is 10.0. The van der Waals surface area contributed by atoms with Gasteiger partial charge < -0.3 is 9.64 Å². The minimum atomic E-state index is 0.182. The summed E-state index contributed by atoms with van der Waals surface area (Å²) >= 11 is 5.90. The largest absolute Gasteiger partial charge is 0.375 e. The van der Waals surface area contributed by atoms with E-state index in [2.05, 4.69) is 11.8 Å². The highest BCUT2D eigenvalue weighted by molar-refractivity contribution is 6.31. The summed E-state index contributed by atoms with van der Waals surface area (Å²) in [5, 5.41) is 0.588. The second-order valence-electron chi connectivity index (χ2n) is 4.47. The molecule has 2 unspecified atom stereocenters. The molecular weight excluding hydrogens is 238 g/mol. The first-order chi connectivity index (χ1) is 8.11. The Morgan fingerprint density at radius 3 is 2.94 bits per heavy atom. The van der Waals surface area contributed by atoms with Gasteiger partial charge in [0.05, 0.1) is 12.7 Å². The van der Waals surface area contributed by atoms with E-state index in [1.165, 1.54) is 0 Å². The zero-order valence-corrected chi connectivity index (χ0v) is 10.8. The average Bonchev–Trinajstić information content (AvgIpc) is 2.32. The van der Waals surface area contributed by atoms with Crippen molar-refractivity contribution in [2.24, 2.45) is 0 Å². The van der Waals surface area contributed by atoms with Crippen LogP contribution in [0, 0.1) is 0 Å². The van der Waals surface area contributed by atoms with Crippen molar-refractivity contribution in [3.8, 4) is 0 Å². The van der Waals surface area contributed by atoms with Crippen LogP contribution < -0.4 is 4.90 Å². The third-order valence-electron chi connectivity index (χ3n) is 3.03. The molecule has 0 radical (unpaired) electrons. The molecule has 0 aromatic heterocycles. The van der Waals surface area contributed by atoms with Gasteiger partial charge in [0.25, 0.3) is 0 Å². The SMILES string of the molecule is CC1CN(c2ccc(Cl)cc2C=O)C(C)CO1. The van der Waals surface area contributed by atoms with Crippen molar-refractivity contribution in [3.63, 3.8) is 0 Å². The smallest absolute Gasteiger partial charge is 0.152 e. The highest BCUT2D eigenvalue weighted by Gasteiger charge is 2.25. The summed E-state index contributed by atoms with van der Waals surface area (Å²) in [5.74, 6) is 0. The number of halogens is 1. The molecule has 0 aliphatic carbocycles. The Hall–Kier alpha value is -1.06. The number of morpholine rings is 1. The highest BCUT2D eigenvalue weighted by atomic mass is 35.5. The molecule has 0 amide bonds. The monoisotopic (exact) mass is 253 g/mol. The van der Waals surface area contributed by atoms with Gasteiger partial charge in [-0.25, -0.2) is 0 Å². The molecule has 0 saturated carbocycles. The van der Waals surface area contributed by atoms with E-state index in [9.17, 15) is 4.79 Å². The van der Waals surface area contributed by atoms with E-state index in [1.54, 1.807) is 6.07 Å². The molecule has 17 heavy (non-hydrogen) atoms. The Bertz CT molecular complexity index is 422. The molecule has 0 N–H and O–H groups in total. The van der Waals surface area contributed by atoms with Crippen LogP contribution in [0.5, 0.6) is 0 Å². The van der Waals surface area contributed by atoms with Crippen molar-refractivity contribution in [3.05, 3.63) is 28.8 Å². The third kappa shape index (κ3) is 2.61. The van der Waals surface area contributed by atoms with E-state index >= 15 is 0 Å². The van der Waals surface area contributed by atoms with Gasteiger partial charge >= 0.3 is 0 Å². The molecule has 92 valence electrons. The molecule has 1 aromatic rings. The highest BCUT2D eigenvalue weighted by Crippen LogP contribution is 2.27. The summed E-state index contributed by atoms with van der Waals surface area (Å²) in [7, 11) is 0. The summed E-state index contributed by atoms with van der Waals surface area (Å²) in [4.78, 5) is 13.3. The van der Waals surface area contributed by atoms with Gasteiger partial charge in [0.15, 0.2) is 6.29 Å². The fourth-order valence-corrected chi connectivity index (χ4v) is 2.30.